The van der Waals surface area contributed by atoms with Crippen molar-refractivity contribution in [3.05, 3.63) is 39.9 Å². The Labute approximate surface area is 94.7 Å². The van der Waals surface area contributed by atoms with Gasteiger partial charge in [0.05, 0.1) is 11.1 Å². The maximum Gasteiger partial charge on any atom is 0.269 e. The van der Waals surface area contributed by atoms with E-state index in [1.54, 1.807) is 12.1 Å². The van der Waals surface area contributed by atoms with Crippen molar-refractivity contribution in [1.82, 2.24) is 20.6 Å². The Morgan fingerprint density at radius 3 is 2.76 bits per heavy atom. The number of anilines is 1. The molecule has 0 amide bonds. The van der Waals surface area contributed by atoms with Crippen molar-refractivity contribution in [3.63, 3.8) is 0 Å². The highest BCUT2D eigenvalue weighted by molar-refractivity contribution is 5.80. The van der Waals surface area contributed by atoms with E-state index >= 15 is 0 Å². The molecule has 0 saturated carbocycles. The lowest BCUT2D eigenvalue weighted by molar-refractivity contribution is -0.384. The van der Waals surface area contributed by atoms with Gasteiger partial charge in [0.1, 0.15) is 0 Å². The van der Waals surface area contributed by atoms with Crippen LogP contribution in [-0.2, 0) is 0 Å². The number of non-ortho nitro benzene ring substituents is 1. The van der Waals surface area contributed by atoms with E-state index in [0.29, 0.717) is 5.95 Å². The van der Waals surface area contributed by atoms with Gasteiger partial charge in [-0.05, 0) is 28.1 Å². The molecule has 0 spiro atoms. The first-order chi connectivity index (χ1) is 8.25. The van der Waals surface area contributed by atoms with Gasteiger partial charge in [0.2, 0.25) is 0 Å². The number of H-pyrrole nitrogens is 1. The molecule has 2 aromatic rings. The number of nitro groups is 1. The van der Waals surface area contributed by atoms with Crippen LogP contribution in [0.3, 0.4) is 0 Å². The molecule has 2 rings (SSSR count). The fourth-order valence-electron chi connectivity index (χ4n) is 1.06. The summed E-state index contributed by atoms with van der Waals surface area (Å²) in [6, 6.07) is 5.97. The number of aromatic nitrogens is 4. The van der Waals surface area contributed by atoms with Crippen molar-refractivity contribution in [2.24, 2.45) is 5.10 Å². The van der Waals surface area contributed by atoms with E-state index in [1.807, 2.05) is 0 Å². The Bertz CT molecular complexity index is 519. The van der Waals surface area contributed by atoms with Crippen LogP contribution in [0.2, 0.25) is 0 Å². The van der Waals surface area contributed by atoms with Gasteiger partial charge in [0.15, 0.2) is 0 Å². The second kappa shape index (κ2) is 4.79. The number of benzene rings is 1. The Morgan fingerprint density at radius 1 is 1.41 bits per heavy atom. The number of hydrazone groups is 1. The normalized spacial score (nSPS) is 10.6. The van der Waals surface area contributed by atoms with Crippen LogP contribution in [0.25, 0.3) is 0 Å². The van der Waals surface area contributed by atoms with Crippen LogP contribution in [0.5, 0.6) is 0 Å². The minimum absolute atomic E-state index is 0.0366. The Morgan fingerprint density at radius 2 is 2.18 bits per heavy atom. The first kappa shape index (κ1) is 10.7. The molecule has 17 heavy (non-hydrogen) atoms. The van der Waals surface area contributed by atoms with Crippen LogP contribution >= 0.6 is 0 Å². The number of rotatable bonds is 4. The molecule has 0 aliphatic heterocycles. The second-order valence-electron chi connectivity index (χ2n) is 2.97. The predicted molar refractivity (Wildman–Crippen MR) is 58.5 cm³/mol. The molecule has 1 heterocycles. The molecule has 0 atom stereocenters. The Kier molecular flexibility index (Phi) is 3.01. The molecule has 0 aliphatic rings. The van der Waals surface area contributed by atoms with Gasteiger partial charge in [0.25, 0.3) is 11.6 Å². The lowest BCUT2D eigenvalue weighted by Crippen LogP contribution is -1.93. The van der Waals surface area contributed by atoms with E-state index < -0.39 is 4.92 Å². The van der Waals surface area contributed by atoms with Gasteiger partial charge in [-0.15, -0.1) is 0 Å². The van der Waals surface area contributed by atoms with Gasteiger partial charge >= 0.3 is 0 Å². The van der Waals surface area contributed by atoms with Gasteiger partial charge in [-0.25, -0.2) is 10.5 Å². The number of nitro benzene ring substituents is 1. The standard InChI is InChI=1S/C8H7N7O2/c16-15(17)7-3-1-6(2-4-7)5-9-10-8-11-13-14-12-8/h1-5H,(H2,10,11,12,13,14). The molecular weight excluding hydrogens is 226 g/mol. The van der Waals surface area contributed by atoms with Crippen molar-refractivity contribution >= 4 is 17.9 Å². The summed E-state index contributed by atoms with van der Waals surface area (Å²) in [4.78, 5) is 9.96. The molecule has 0 unspecified atom stereocenters. The SMILES string of the molecule is O=[N+]([O-])c1ccc(C=NNc2nnn[nH]2)cc1. The summed E-state index contributed by atoms with van der Waals surface area (Å²) in [5, 5.41) is 27.0. The van der Waals surface area contributed by atoms with E-state index in [4.69, 9.17) is 0 Å². The number of tetrazole rings is 1. The highest BCUT2D eigenvalue weighted by Crippen LogP contribution is 2.10. The highest BCUT2D eigenvalue weighted by atomic mass is 16.6. The lowest BCUT2D eigenvalue weighted by Gasteiger charge is -1.93. The maximum absolute atomic E-state index is 10.4. The maximum atomic E-state index is 10.4. The van der Waals surface area contributed by atoms with Crippen molar-refractivity contribution in [3.8, 4) is 0 Å². The minimum Gasteiger partial charge on any atom is -0.258 e. The van der Waals surface area contributed by atoms with Crippen molar-refractivity contribution < 1.29 is 4.92 Å². The van der Waals surface area contributed by atoms with E-state index in [2.05, 4.69) is 31.2 Å². The van der Waals surface area contributed by atoms with Gasteiger partial charge in [-0.1, -0.05) is 5.10 Å². The highest BCUT2D eigenvalue weighted by Gasteiger charge is 2.02. The van der Waals surface area contributed by atoms with Crippen LogP contribution in [0.15, 0.2) is 29.4 Å². The number of aromatic amines is 1. The lowest BCUT2D eigenvalue weighted by atomic mass is 10.2. The molecule has 0 fully saturated rings. The molecule has 0 saturated heterocycles. The van der Waals surface area contributed by atoms with Crippen molar-refractivity contribution in [2.45, 2.75) is 0 Å². The van der Waals surface area contributed by atoms with Gasteiger partial charge in [0, 0.05) is 12.1 Å². The smallest absolute Gasteiger partial charge is 0.258 e. The molecule has 2 N–H and O–H groups in total. The quantitative estimate of drug-likeness (QED) is 0.451. The van der Waals surface area contributed by atoms with E-state index in [1.165, 1.54) is 18.3 Å². The molecule has 9 nitrogen and oxygen atoms in total. The molecule has 0 radical (unpaired) electrons. The second-order valence-corrected chi connectivity index (χ2v) is 2.97. The summed E-state index contributed by atoms with van der Waals surface area (Å²) in [6.07, 6.45) is 1.49. The summed E-state index contributed by atoms with van der Waals surface area (Å²) >= 11 is 0. The molecular formula is C8H7N7O2. The molecule has 1 aromatic carbocycles. The Balaban J connectivity index is 1.99. The van der Waals surface area contributed by atoms with Gasteiger partial charge < -0.3 is 0 Å². The van der Waals surface area contributed by atoms with E-state index in [-0.39, 0.29) is 5.69 Å². The zero-order chi connectivity index (χ0) is 12.1. The van der Waals surface area contributed by atoms with Crippen LogP contribution in [0, 0.1) is 10.1 Å². The number of hydrogen-bond acceptors (Lipinski definition) is 7. The van der Waals surface area contributed by atoms with E-state index in [9.17, 15) is 10.1 Å². The summed E-state index contributed by atoms with van der Waals surface area (Å²) in [6.45, 7) is 0. The van der Waals surface area contributed by atoms with Gasteiger partial charge in [-0.3, -0.25) is 10.1 Å². The summed E-state index contributed by atoms with van der Waals surface area (Å²) < 4.78 is 0. The van der Waals surface area contributed by atoms with Crippen LogP contribution in [0.1, 0.15) is 5.56 Å². The first-order valence-corrected chi connectivity index (χ1v) is 4.53. The van der Waals surface area contributed by atoms with Crippen LogP contribution in [0.4, 0.5) is 11.6 Å². The van der Waals surface area contributed by atoms with Crippen molar-refractivity contribution in [2.75, 3.05) is 5.43 Å². The number of hydrogen-bond donors (Lipinski definition) is 2. The molecule has 1 aromatic heterocycles. The van der Waals surface area contributed by atoms with Crippen LogP contribution in [-0.4, -0.2) is 31.8 Å². The predicted octanol–water partition coefficient (Wildman–Crippen LogP) is 0.554. The number of nitrogens with one attached hydrogen (secondary N) is 2. The van der Waals surface area contributed by atoms with Gasteiger partial charge in [-0.2, -0.15) is 5.10 Å². The number of nitrogens with zero attached hydrogens (tertiary/aromatic N) is 5. The third-order valence-electron chi connectivity index (χ3n) is 1.83. The first-order valence-electron chi connectivity index (χ1n) is 4.53. The largest absolute Gasteiger partial charge is 0.269 e. The fourth-order valence-corrected chi connectivity index (χ4v) is 1.06. The molecule has 0 bridgehead atoms. The summed E-state index contributed by atoms with van der Waals surface area (Å²) in [5.74, 6) is 0.308. The molecule has 0 aliphatic carbocycles. The fraction of sp³-hybridized carbons (Fsp3) is 0. The van der Waals surface area contributed by atoms with E-state index in [0.717, 1.165) is 5.56 Å². The third-order valence-corrected chi connectivity index (χ3v) is 1.83. The zero-order valence-corrected chi connectivity index (χ0v) is 8.44. The summed E-state index contributed by atoms with van der Waals surface area (Å²) in [5.41, 5.74) is 3.31. The van der Waals surface area contributed by atoms with Crippen LogP contribution < -0.4 is 5.43 Å². The zero-order valence-electron chi connectivity index (χ0n) is 8.44. The summed E-state index contributed by atoms with van der Waals surface area (Å²) in [7, 11) is 0. The Hall–Kier alpha value is -2.84. The third kappa shape index (κ3) is 2.81. The monoisotopic (exact) mass is 233 g/mol. The van der Waals surface area contributed by atoms with Crippen molar-refractivity contribution in [1.29, 1.82) is 0 Å². The molecule has 9 heteroatoms. The minimum atomic E-state index is -0.459. The average Bonchev–Trinajstić information content (AvgIpc) is 2.83. The topological polar surface area (TPSA) is 122 Å². The average molecular weight is 233 g/mol. The molecule has 86 valence electrons.